The third-order valence-electron chi connectivity index (χ3n) is 3.81. The lowest BCUT2D eigenvalue weighted by atomic mass is 10.1. The van der Waals surface area contributed by atoms with Gasteiger partial charge in [-0.05, 0) is 31.9 Å². The van der Waals surface area contributed by atoms with Gasteiger partial charge >= 0.3 is 6.03 Å². The van der Waals surface area contributed by atoms with Crippen molar-refractivity contribution in [1.29, 1.82) is 0 Å². The number of rotatable bonds is 3. The Labute approximate surface area is 125 Å². The van der Waals surface area contributed by atoms with Crippen LogP contribution >= 0.6 is 0 Å². The first-order chi connectivity index (χ1) is 9.99. The SMILES string of the molecule is CCC(=O)N1CC[C@H](NC(=O)Nc2ccc(C)cc2C)C1. The van der Waals surface area contributed by atoms with Crippen LogP contribution in [-0.4, -0.2) is 36.0 Å². The van der Waals surface area contributed by atoms with E-state index in [0.717, 1.165) is 24.2 Å². The van der Waals surface area contributed by atoms with Gasteiger partial charge in [0.25, 0.3) is 0 Å². The predicted molar refractivity (Wildman–Crippen MR) is 83.3 cm³/mol. The van der Waals surface area contributed by atoms with Crippen molar-refractivity contribution in [2.24, 2.45) is 0 Å². The normalized spacial score (nSPS) is 17.7. The van der Waals surface area contributed by atoms with E-state index in [1.165, 1.54) is 5.56 Å². The Morgan fingerprint density at radius 1 is 1.33 bits per heavy atom. The van der Waals surface area contributed by atoms with Crippen LogP contribution in [0.25, 0.3) is 0 Å². The summed E-state index contributed by atoms with van der Waals surface area (Å²) in [6.07, 6.45) is 1.33. The van der Waals surface area contributed by atoms with Crippen molar-refractivity contribution >= 4 is 17.6 Å². The maximum atomic E-state index is 12.0. The van der Waals surface area contributed by atoms with E-state index >= 15 is 0 Å². The summed E-state index contributed by atoms with van der Waals surface area (Å²) in [4.78, 5) is 25.4. The molecular formula is C16H23N3O2. The maximum Gasteiger partial charge on any atom is 0.319 e. The van der Waals surface area contributed by atoms with Crippen LogP contribution in [0.5, 0.6) is 0 Å². The standard InChI is InChI=1S/C16H23N3O2/c1-4-15(20)19-8-7-13(10-19)17-16(21)18-14-6-5-11(2)9-12(14)3/h5-6,9,13H,4,7-8,10H2,1-3H3,(H2,17,18,21)/t13-/m0/s1. The number of nitrogens with zero attached hydrogens (tertiary/aromatic N) is 1. The highest BCUT2D eigenvalue weighted by atomic mass is 16.2. The number of aryl methyl sites for hydroxylation is 2. The number of likely N-dealkylation sites (tertiary alicyclic amines) is 1. The zero-order valence-corrected chi connectivity index (χ0v) is 12.9. The van der Waals surface area contributed by atoms with Crippen molar-refractivity contribution in [1.82, 2.24) is 10.2 Å². The fourth-order valence-corrected chi connectivity index (χ4v) is 2.63. The zero-order chi connectivity index (χ0) is 15.4. The number of carbonyl (C=O) groups is 2. The van der Waals surface area contributed by atoms with E-state index in [9.17, 15) is 9.59 Å². The van der Waals surface area contributed by atoms with Gasteiger partial charge < -0.3 is 15.5 Å². The highest BCUT2D eigenvalue weighted by molar-refractivity contribution is 5.90. The third-order valence-corrected chi connectivity index (χ3v) is 3.81. The summed E-state index contributed by atoms with van der Waals surface area (Å²) in [5, 5.41) is 5.80. The highest BCUT2D eigenvalue weighted by Crippen LogP contribution is 2.16. The second-order valence-corrected chi connectivity index (χ2v) is 5.60. The first-order valence-electron chi connectivity index (χ1n) is 7.42. The Bertz CT molecular complexity index is 542. The molecule has 1 saturated heterocycles. The number of nitrogens with one attached hydrogen (secondary N) is 2. The molecule has 1 atom stereocenters. The second-order valence-electron chi connectivity index (χ2n) is 5.60. The Morgan fingerprint density at radius 3 is 2.76 bits per heavy atom. The molecule has 1 fully saturated rings. The molecule has 0 saturated carbocycles. The van der Waals surface area contributed by atoms with Gasteiger partial charge in [0.2, 0.25) is 5.91 Å². The molecule has 0 spiro atoms. The number of anilines is 1. The van der Waals surface area contributed by atoms with E-state index in [4.69, 9.17) is 0 Å². The van der Waals surface area contributed by atoms with Gasteiger partial charge in [-0.3, -0.25) is 4.79 Å². The smallest absolute Gasteiger partial charge is 0.319 e. The van der Waals surface area contributed by atoms with Gasteiger partial charge in [-0.2, -0.15) is 0 Å². The predicted octanol–water partition coefficient (Wildman–Crippen LogP) is 2.44. The third kappa shape index (κ3) is 3.97. The van der Waals surface area contributed by atoms with E-state index in [2.05, 4.69) is 10.6 Å². The van der Waals surface area contributed by atoms with Crippen LogP contribution < -0.4 is 10.6 Å². The maximum absolute atomic E-state index is 12.0. The van der Waals surface area contributed by atoms with E-state index in [-0.39, 0.29) is 18.0 Å². The molecule has 2 N–H and O–H groups in total. The van der Waals surface area contributed by atoms with Gasteiger partial charge in [0.1, 0.15) is 0 Å². The van der Waals surface area contributed by atoms with Crippen LogP contribution in [0.1, 0.15) is 30.9 Å². The topological polar surface area (TPSA) is 61.4 Å². The number of carbonyl (C=O) groups excluding carboxylic acids is 2. The van der Waals surface area contributed by atoms with Crippen LogP contribution in [-0.2, 0) is 4.79 Å². The summed E-state index contributed by atoms with van der Waals surface area (Å²) in [6.45, 7) is 7.18. The number of amides is 3. The van der Waals surface area contributed by atoms with E-state index in [0.29, 0.717) is 13.0 Å². The monoisotopic (exact) mass is 289 g/mol. The van der Waals surface area contributed by atoms with Crippen molar-refractivity contribution in [2.75, 3.05) is 18.4 Å². The Balaban J connectivity index is 1.87. The van der Waals surface area contributed by atoms with Gasteiger partial charge in [0, 0.05) is 31.2 Å². The van der Waals surface area contributed by atoms with Gasteiger partial charge in [0.05, 0.1) is 0 Å². The fourth-order valence-electron chi connectivity index (χ4n) is 2.63. The molecule has 2 rings (SSSR count). The molecule has 0 aromatic heterocycles. The van der Waals surface area contributed by atoms with E-state index < -0.39 is 0 Å². The molecule has 1 aliphatic rings. The molecular weight excluding hydrogens is 266 g/mol. The summed E-state index contributed by atoms with van der Waals surface area (Å²) >= 11 is 0. The lowest BCUT2D eigenvalue weighted by Gasteiger charge is -2.17. The summed E-state index contributed by atoms with van der Waals surface area (Å²) < 4.78 is 0. The van der Waals surface area contributed by atoms with Gasteiger partial charge in [-0.25, -0.2) is 4.79 Å². The van der Waals surface area contributed by atoms with E-state index in [1.54, 1.807) is 0 Å². The molecule has 3 amide bonds. The lowest BCUT2D eigenvalue weighted by Crippen LogP contribution is -2.40. The average molecular weight is 289 g/mol. The molecule has 1 heterocycles. The quantitative estimate of drug-likeness (QED) is 0.897. The number of benzene rings is 1. The number of hydrogen-bond donors (Lipinski definition) is 2. The minimum Gasteiger partial charge on any atom is -0.341 e. The molecule has 21 heavy (non-hydrogen) atoms. The average Bonchev–Trinajstić information content (AvgIpc) is 2.89. The second kappa shape index (κ2) is 6.61. The molecule has 0 radical (unpaired) electrons. The van der Waals surface area contributed by atoms with Crippen LogP contribution in [0, 0.1) is 13.8 Å². The van der Waals surface area contributed by atoms with Crippen LogP contribution in [0.2, 0.25) is 0 Å². The summed E-state index contributed by atoms with van der Waals surface area (Å²) in [7, 11) is 0. The minimum absolute atomic E-state index is 0.0336. The van der Waals surface area contributed by atoms with Gasteiger partial charge in [0.15, 0.2) is 0 Å². The number of urea groups is 1. The molecule has 114 valence electrons. The van der Waals surface area contributed by atoms with Crippen molar-refractivity contribution < 1.29 is 9.59 Å². The minimum atomic E-state index is -0.210. The Kier molecular flexibility index (Phi) is 4.83. The summed E-state index contributed by atoms with van der Waals surface area (Å²) in [5.41, 5.74) is 3.03. The molecule has 0 aliphatic carbocycles. The lowest BCUT2D eigenvalue weighted by molar-refractivity contribution is -0.129. The molecule has 5 heteroatoms. The van der Waals surface area contributed by atoms with Crippen LogP contribution in [0.4, 0.5) is 10.5 Å². The van der Waals surface area contributed by atoms with Gasteiger partial charge in [-0.15, -0.1) is 0 Å². The van der Waals surface area contributed by atoms with E-state index in [1.807, 2.05) is 43.9 Å². The van der Waals surface area contributed by atoms with Crippen molar-refractivity contribution in [3.8, 4) is 0 Å². The molecule has 5 nitrogen and oxygen atoms in total. The number of hydrogen-bond acceptors (Lipinski definition) is 2. The molecule has 0 bridgehead atoms. The van der Waals surface area contributed by atoms with Crippen LogP contribution in [0.3, 0.4) is 0 Å². The Morgan fingerprint density at radius 2 is 2.10 bits per heavy atom. The van der Waals surface area contributed by atoms with Crippen molar-refractivity contribution in [2.45, 2.75) is 39.7 Å². The Hall–Kier alpha value is -2.04. The first kappa shape index (κ1) is 15.4. The molecule has 1 aromatic rings. The zero-order valence-electron chi connectivity index (χ0n) is 12.9. The molecule has 0 unspecified atom stereocenters. The van der Waals surface area contributed by atoms with Gasteiger partial charge in [-0.1, -0.05) is 24.6 Å². The molecule has 1 aromatic carbocycles. The molecule has 1 aliphatic heterocycles. The van der Waals surface area contributed by atoms with Crippen molar-refractivity contribution in [3.63, 3.8) is 0 Å². The van der Waals surface area contributed by atoms with Crippen molar-refractivity contribution in [3.05, 3.63) is 29.3 Å². The largest absolute Gasteiger partial charge is 0.341 e. The highest BCUT2D eigenvalue weighted by Gasteiger charge is 2.26. The fraction of sp³-hybridized carbons (Fsp3) is 0.500. The summed E-state index contributed by atoms with van der Waals surface area (Å²) in [6, 6.07) is 5.74. The first-order valence-corrected chi connectivity index (χ1v) is 7.42. The van der Waals surface area contributed by atoms with Crippen LogP contribution in [0.15, 0.2) is 18.2 Å². The summed E-state index contributed by atoms with van der Waals surface area (Å²) in [5.74, 6) is 0.147.